The van der Waals surface area contributed by atoms with Crippen LogP contribution in [0.15, 0.2) is 65.1 Å². The smallest absolute Gasteiger partial charge is 0.0355 e. The average Bonchev–Trinajstić information content (AvgIpc) is 2.90. The number of benzene rings is 3. The maximum absolute atomic E-state index is 3.63. The number of aryl methyl sites for hydroxylation is 1. The van der Waals surface area contributed by atoms with Crippen LogP contribution in [-0.4, -0.2) is 0 Å². The lowest BCUT2D eigenvalue weighted by Gasteiger charge is -2.02. The van der Waals surface area contributed by atoms with E-state index in [9.17, 15) is 0 Å². The van der Waals surface area contributed by atoms with E-state index in [1.807, 2.05) is 11.3 Å². The van der Waals surface area contributed by atoms with Gasteiger partial charge in [0.2, 0.25) is 0 Å². The third-order valence-electron chi connectivity index (χ3n) is 3.81. The Morgan fingerprint density at radius 1 is 0.810 bits per heavy atom. The van der Waals surface area contributed by atoms with Crippen LogP contribution in [0.25, 0.3) is 31.3 Å². The van der Waals surface area contributed by atoms with Gasteiger partial charge in [0.15, 0.2) is 0 Å². The molecule has 2 heteroatoms. The summed E-state index contributed by atoms with van der Waals surface area (Å²) in [7, 11) is 0. The van der Waals surface area contributed by atoms with Crippen molar-refractivity contribution in [3.05, 3.63) is 70.7 Å². The quantitative estimate of drug-likeness (QED) is 0.353. The van der Waals surface area contributed by atoms with Crippen molar-refractivity contribution in [3.63, 3.8) is 0 Å². The number of hydrogen-bond donors (Lipinski definition) is 0. The standard InChI is InChI=1S/C19H13BrS/c1-12-7-14-8-16-11-18(13-5-3-2-4-6-13)21-19(16)10-15(14)9-17(12)20/h2-11H,1H3. The molecule has 21 heavy (non-hydrogen) atoms. The highest BCUT2D eigenvalue weighted by molar-refractivity contribution is 9.10. The predicted molar refractivity (Wildman–Crippen MR) is 97.2 cm³/mol. The van der Waals surface area contributed by atoms with Crippen LogP contribution < -0.4 is 0 Å². The van der Waals surface area contributed by atoms with Gasteiger partial charge in [-0.15, -0.1) is 11.3 Å². The molecule has 0 aliphatic heterocycles. The van der Waals surface area contributed by atoms with Gasteiger partial charge in [-0.25, -0.2) is 0 Å². The molecule has 0 nitrogen and oxygen atoms in total. The van der Waals surface area contributed by atoms with Crippen LogP contribution in [0.2, 0.25) is 0 Å². The highest BCUT2D eigenvalue weighted by atomic mass is 79.9. The minimum atomic E-state index is 1.18. The maximum Gasteiger partial charge on any atom is 0.0355 e. The number of hydrogen-bond acceptors (Lipinski definition) is 1. The van der Waals surface area contributed by atoms with Crippen LogP contribution in [0, 0.1) is 6.92 Å². The summed E-state index contributed by atoms with van der Waals surface area (Å²) >= 11 is 5.49. The molecule has 0 N–H and O–H groups in total. The van der Waals surface area contributed by atoms with Crippen molar-refractivity contribution >= 4 is 48.1 Å². The first-order valence-corrected chi connectivity index (χ1v) is 8.50. The van der Waals surface area contributed by atoms with E-state index in [4.69, 9.17) is 0 Å². The highest BCUT2D eigenvalue weighted by Crippen LogP contribution is 2.36. The van der Waals surface area contributed by atoms with Gasteiger partial charge in [0.1, 0.15) is 0 Å². The van der Waals surface area contributed by atoms with Gasteiger partial charge in [-0.3, -0.25) is 0 Å². The topological polar surface area (TPSA) is 0 Å². The molecule has 0 fully saturated rings. The molecule has 1 heterocycles. The van der Waals surface area contributed by atoms with Crippen molar-refractivity contribution in [2.45, 2.75) is 6.92 Å². The molecular weight excluding hydrogens is 340 g/mol. The molecule has 0 saturated heterocycles. The van der Waals surface area contributed by atoms with Crippen LogP contribution in [-0.2, 0) is 0 Å². The van der Waals surface area contributed by atoms with Gasteiger partial charge in [-0.2, -0.15) is 0 Å². The monoisotopic (exact) mass is 352 g/mol. The number of thiophene rings is 1. The molecule has 4 aromatic rings. The second-order valence-corrected chi connectivity index (χ2v) is 7.25. The fraction of sp³-hybridized carbons (Fsp3) is 0.0526. The van der Waals surface area contributed by atoms with Gasteiger partial charge >= 0.3 is 0 Å². The molecule has 4 rings (SSSR count). The molecule has 102 valence electrons. The van der Waals surface area contributed by atoms with Gasteiger partial charge in [0.25, 0.3) is 0 Å². The molecular formula is C19H13BrS. The Hall–Kier alpha value is -1.64. The van der Waals surface area contributed by atoms with E-state index in [2.05, 4.69) is 83.5 Å². The van der Waals surface area contributed by atoms with Crippen LogP contribution in [0.4, 0.5) is 0 Å². The van der Waals surface area contributed by atoms with Crippen LogP contribution >= 0.6 is 27.3 Å². The van der Waals surface area contributed by atoms with E-state index < -0.39 is 0 Å². The summed E-state index contributed by atoms with van der Waals surface area (Å²) in [5.41, 5.74) is 2.57. The molecule has 0 saturated carbocycles. The van der Waals surface area contributed by atoms with E-state index in [1.54, 1.807) is 0 Å². The summed E-state index contributed by atoms with van der Waals surface area (Å²) in [5.74, 6) is 0. The Bertz CT molecular complexity index is 893. The summed E-state index contributed by atoms with van der Waals surface area (Å²) in [5, 5.41) is 3.93. The number of rotatable bonds is 1. The number of halogens is 1. The predicted octanol–water partition coefficient (Wildman–Crippen LogP) is 6.79. The minimum Gasteiger partial charge on any atom is -0.135 e. The van der Waals surface area contributed by atoms with Crippen LogP contribution in [0.1, 0.15) is 5.56 Å². The Balaban J connectivity index is 1.97. The first kappa shape index (κ1) is 13.1. The molecule has 0 spiro atoms. The Labute approximate surface area is 136 Å². The summed E-state index contributed by atoms with van der Waals surface area (Å²) in [6, 6.07) is 21.9. The largest absolute Gasteiger partial charge is 0.135 e. The normalized spacial score (nSPS) is 11.3. The fourth-order valence-electron chi connectivity index (χ4n) is 2.67. The zero-order chi connectivity index (χ0) is 14.4. The third kappa shape index (κ3) is 2.29. The average molecular weight is 353 g/mol. The van der Waals surface area contributed by atoms with Gasteiger partial charge in [0, 0.05) is 14.0 Å². The molecule has 0 bridgehead atoms. The van der Waals surface area contributed by atoms with E-state index in [-0.39, 0.29) is 0 Å². The SMILES string of the molecule is Cc1cc2cc3cc(-c4ccccc4)sc3cc2cc1Br. The van der Waals surface area contributed by atoms with Gasteiger partial charge in [0.05, 0.1) is 0 Å². The second kappa shape index (κ2) is 4.97. The lowest BCUT2D eigenvalue weighted by molar-refractivity contribution is 1.47. The molecule has 3 aromatic carbocycles. The fourth-order valence-corrected chi connectivity index (χ4v) is 4.13. The van der Waals surface area contributed by atoms with Crippen molar-refractivity contribution in [1.82, 2.24) is 0 Å². The van der Waals surface area contributed by atoms with E-state index in [0.717, 1.165) is 0 Å². The summed E-state index contributed by atoms with van der Waals surface area (Å²) in [4.78, 5) is 1.33. The van der Waals surface area contributed by atoms with Crippen molar-refractivity contribution in [2.75, 3.05) is 0 Å². The van der Waals surface area contributed by atoms with E-state index in [0.29, 0.717) is 0 Å². The van der Waals surface area contributed by atoms with Crippen molar-refractivity contribution in [2.24, 2.45) is 0 Å². The maximum atomic E-state index is 3.63. The van der Waals surface area contributed by atoms with Crippen molar-refractivity contribution in [3.8, 4) is 10.4 Å². The Kier molecular flexibility index (Phi) is 3.09. The minimum absolute atomic E-state index is 1.18. The zero-order valence-corrected chi connectivity index (χ0v) is 14.0. The summed E-state index contributed by atoms with van der Waals surface area (Å²) < 4.78 is 2.52. The van der Waals surface area contributed by atoms with Gasteiger partial charge in [-0.1, -0.05) is 52.3 Å². The van der Waals surface area contributed by atoms with Crippen molar-refractivity contribution in [1.29, 1.82) is 0 Å². The highest BCUT2D eigenvalue weighted by Gasteiger charge is 2.07. The molecule has 0 atom stereocenters. The molecule has 1 aromatic heterocycles. The Morgan fingerprint density at radius 3 is 2.38 bits per heavy atom. The summed E-state index contributed by atoms with van der Waals surface area (Å²) in [6.45, 7) is 2.14. The molecule has 0 radical (unpaired) electrons. The zero-order valence-electron chi connectivity index (χ0n) is 11.6. The molecule has 0 aliphatic carbocycles. The lowest BCUT2D eigenvalue weighted by atomic mass is 10.1. The number of fused-ring (bicyclic) bond motifs is 2. The van der Waals surface area contributed by atoms with Crippen LogP contribution in [0.3, 0.4) is 0 Å². The van der Waals surface area contributed by atoms with E-state index >= 15 is 0 Å². The van der Waals surface area contributed by atoms with Crippen molar-refractivity contribution < 1.29 is 0 Å². The van der Waals surface area contributed by atoms with E-state index in [1.165, 1.54) is 41.3 Å². The first-order chi connectivity index (χ1) is 10.2. The molecule has 0 amide bonds. The van der Waals surface area contributed by atoms with Gasteiger partial charge < -0.3 is 0 Å². The van der Waals surface area contributed by atoms with Gasteiger partial charge in [-0.05, 0) is 58.5 Å². The lowest BCUT2D eigenvalue weighted by Crippen LogP contribution is -1.78. The Morgan fingerprint density at radius 2 is 1.57 bits per heavy atom. The van der Waals surface area contributed by atoms with Crippen LogP contribution in [0.5, 0.6) is 0 Å². The second-order valence-electron chi connectivity index (χ2n) is 5.32. The first-order valence-electron chi connectivity index (χ1n) is 6.89. The molecule has 0 aliphatic rings. The third-order valence-corrected chi connectivity index (χ3v) is 5.81. The summed E-state index contributed by atoms with van der Waals surface area (Å²) in [6.07, 6.45) is 0. The molecule has 0 unspecified atom stereocenters.